The first-order valence-electron chi connectivity index (χ1n) is 8.07. The number of hydrogen-bond acceptors (Lipinski definition) is 5. The molecule has 0 saturated carbocycles. The van der Waals surface area contributed by atoms with Crippen LogP contribution in [-0.4, -0.2) is 30.5 Å². The van der Waals surface area contributed by atoms with Gasteiger partial charge < -0.3 is 15.0 Å². The number of amides is 1. The van der Waals surface area contributed by atoms with Crippen molar-refractivity contribution in [2.75, 3.05) is 29.9 Å². The van der Waals surface area contributed by atoms with E-state index in [4.69, 9.17) is 4.74 Å². The van der Waals surface area contributed by atoms with Crippen LogP contribution in [0.5, 0.6) is 5.75 Å². The van der Waals surface area contributed by atoms with E-state index in [9.17, 15) is 14.9 Å². The van der Waals surface area contributed by atoms with Crippen LogP contribution in [0.2, 0.25) is 0 Å². The summed E-state index contributed by atoms with van der Waals surface area (Å²) in [4.78, 5) is 24.2. The highest BCUT2D eigenvalue weighted by Gasteiger charge is 2.24. The second-order valence-corrected chi connectivity index (χ2v) is 5.84. The van der Waals surface area contributed by atoms with Crippen LogP contribution in [0.4, 0.5) is 17.1 Å². The summed E-state index contributed by atoms with van der Waals surface area (Å²) in [6.45, 7) is 3.13. The van der Waals surface area contributed by atoms with E-state index in [2.05, 4.69) is 5.32 Å². The van der Waals surface area contributed by atoms with E-state index in [1.807, 2.05) is 31.2 Å². The van der Waals surface area contributed by atoms with E-state index >= 15 is 0 Å². The molecule has 0 saturated heterocycles. The smallest absolute Gasteiger partial charge is 0.269 e. The highest BCUT2D eigenvalue weighted by molar-refractivity contribution is 5.97. The number of anilines is 2. The van der Waals surface area contributed by atoms with Gasteiger partial charge in [0.1, 0.15) is 5.75 Å². The summed E-state index contributed by atoms with van der Waals surface area (Å²) in [7, 11) is 0. The maximum Gasteiger partial charge on any atom is 0.269 e. The minimum Gasteiger partial charge on any atom is -0.482 e. The number of fused-ring (bicyclic) bond motifs is 1. The number of rotatable bonds is 6. The summed E-state index contributed by atoms with van der Waals surface area (Å²) in [5.74, 6) is 0.673. The fraction of sp³-hybridized carbons (Fsp3) is 0.278. The molecule has 7 heteroatoms. The Hall–Kier alpha value is -3.09. The van der Waals surface area contributed by atoms with Crippen molar-refractivity contribution >= 4 is 23.0 Å². The van der Waals surface area contributed by atoms with Gasteiger partial charge in [-0.15, -0.1) is 0 Å². The molecule has 1 N–H and O–H groups in total. The van der Waals surface area contributed by atoms with Crippen molar-refractivity contribution in [3.63, 3.8) is 0 Å². The molecule has 0 fully saturated rings. The fourth-order valence-electron chi connectivity index (χ4n) is 2.82. The highest BCUT2D eigenvalue weighted by Crippen LogP contribution is 2.31. The molecule has 2 aromatic carbocycles. The van der Waals surface area contributed by atoms with Gasteiger partial charge in [-0.1, -0.05) is 12.1 Å². The molecule has 0 bridgehead atoms. The summed E-state index contributed by atoms with van der Waals surface area (Å²) < 4.78 is 5.43. The molecule has 0 unspecified atom stereocenters. The lowest BCUT2D eigenvalue weighted by Crippen LogP contribution is -2.39. The van der Waals surface area contributed by atoms with E-state index in [1.54, 1.807) is 17.0 Å². The number of nitro benzene ring substituents is 1. The van der Waals surface area contributed by atoms with Crippen LogP contribution in [0.1, 0.15) is 12.0 Å². The standard InChI is InChI=1S/C18H19N3O4/c1-13-11-14(21(23)24)7-8-15(13)19-9-4-10-20-16-5-2-3-6-17(16)25-12-18(20)22/h2-3,5-8,11,19H,4,9-10,12H2,1H3. The number of para-hydroxylation sites is 2. The number of non-ortho nitro benzene ring substituents is 1. The predicted molar refractivity (Wildman–Crippen MR) is 95.2 cm³/mol. The van der Waals surface area contributed by atoms with E-state index in [1.165, 1.54) is 6.07 Å². The molecule has 0 aromatic heterocycles. The Morgan fingerprint density at radius 1 is 1.28 bits per heavy atom. The quantitative estimate of drug-likeness (QED) is 0.496. The van der Waals surface area contributed by atoms with Gasteiger partial charge in [0.15, 0.2) is 6.61 Å². The SMILES string of the molecule is Cc1cc([N+](=O)[O-])ccc1NCCCN1C(=O)COc2ccccc21. The summed E-state index contributed by atoms with van der Waals surface area (Å²) in [6.07, 6.45) is 0.747. The Morgan fingerprint density at radius 2 is 2.08 bits per heavy atom. The number of nitrogens with zero attached hydrogens (tertiary/aromatic N) is 2. The maximum absolute atomic E-state index is 12.1. The Kier molecular flexibility index (Phi) is 4.83. The lowest BCUT2D eigenvalue weighted by molar-refractivity contribution is -0.384. The summed E-state index contributed by atoms with van der Waals surface area (Å²) in [5.41, 5.74) is 2.56. The number of nitrogens with one attached hydrogen (secondary N) is 1. The number of hydrogen-bond donors (Lipinski definition) is 1. The van der Waals surface area contributed by atoms with Crippen LogP contribution in [-0.2, 0) is 4.79 Å². The molecule has 0 aliphatic carbocycles. The molecule has 3 rings (SSSR count). The van der Waals surface area contributed by atoms with Crippen molar-refractivity contribution in [2.24, 2.45) is 0 Å². The van der Waals surface area contributed by atoms with Gasteiger partial charge in [0, 0.05) is 30.9 Å². The second kappa shape index (κ2) is 7.21. The number of carbonyl (C=O) groups excluding carboxylic acids is 1. The number of benzene rings is 2. The van der Waals surface area contributed by atoms with E-state index in [0.29, 0.717) is 13.1 Å². The molecule has 2 aromatic rings. The fourth-order valence-corrected chi connectivity index (χ4v) is 2.82. The van der Waals surface area contributed by atoms with Crippen LogP contribution in [0.25, 0.3) is 0 Å². The minimum absolute atomic E-state index is 0.0507. The largest absolute Gasteiger partial charge is 0.482 e. The van der Waals surface area contributed by atoms with Crippen LogP contribution < -0.4 is 15.0 Å². The van der Waals surface area contributed by atoms with Gasteiger partial charge in [0.25, 0.3) is 11.6 Å². The average Bonchev–Trinajstić information content (AvgIpc) is 2.61. The van der Waals surface area contributed by atoms with E-state index in [0.717, 1.165) is 29.1 Å². The molecule has 1 heterocycles. The lowest BCUT2D eigenvalue weighted by Gasteiger charge is -2.29. The summed E-state index contributed by atoms with van der Waals surface area (Å²) in [6, 6.07) is 12.2. The third kappa shape index (κ3) is 3.71. The van der Waals surface area contributed by atoms with Gasteiger partial charge in [-0.3, -0.25) is 14.9 Å². The zero-order valence-corrected chi connectivity index (χ0v) is 13.9. The van der Waals surface area contributed by atoms with Crippen LogP contribution in [0.3, 0.4) is 0 Å². The normalized spacial score (nSPS) is 13.2. The van der Waals surface area contributed by atoms with Gasteiger partial charge in [0.05, 0.1) is 10.6 Å². The molecule has 7 nitrogen and oxygen atoms in total. The van der Waals surface area contributed by atoms with Crippen LogP contribution >= 0.6 is 0 Å². The van der Waals surface area contributed by atoms with Crippen molar-refractivity contribution in [3.05, 3.63) is 58.1 Å². The van der Waals surface area contributed by atoms with Crippen molar-refractivity contribution in [3.8, 4) is 5.75 Å². The van der Waals surface area contributed by atoms with E-state index < -0.39 is 4.92 Å². The number of aryl methyl sites for hydroxylation is 1. The lowest BCUT2D eigenvalue weighted by atomic mass is 10.1. The molecule has 1 amide bonds. The van der Waals surface area contributed by atoms with Crippen molar-refractivity contribution < 1.29 is 14.5 Å². The van der Waals surface area contributed by atoms with Gasteiger partial charge >= 0.3 is 0 Å². The third-order valence-corrected chi connectivity index (χ3v) is 4.10. The van der Waals surface area contributed by atoms with Crippen LogP contribution in [0, 0.1) is 17.0 Å². The number of carbonyl (C=O) groups is 1. The molecular weight excluding hydrogens is 322 g/mol. The van der Waals surface area contributed by atoms with E-state index in [-0.39, 0.29) is 18.2 Å². The molecule has 25 heavy (non-hydrogen) atoms. The van der Waals surface area contributed by atoms with Crippen LogP contribution in [0.15, 0.2) is 42.5 Å². The topological polar surface area (TPSA) is 84.7 Å². The first kappa shape index (κ1) is 16.8. The van der Waals surface area contributed by atoms with Gasteiger partial charge in [-0.05, 0) is 37.1 Å². The Morgan fingerprint density at radius 3 is 2.84 bits per heavy atom. The van der Waals surface area contributed by atoms with Crippen molar-refractivity contribution in [2.45, 2.75) is 13.3 Å². The molecule has 0 radical (unpaired) electrons. The molecule has 0 atom stereocenters. The molecule has 0 spiro atoms. The zero-order valence-electron chi connectivity index (χ0n) is 13.9. The third-order valence-electron chi connectivity index (χ3n) is 4.10. The van der Waals surface area contributed by atoms with Gasteiger partial charge in [0.2, 0.25) is 0 Å². The molecule has 1 aliphatic heterocycles. The summed E-state index contributed by atoms with van der Waals surface area (Å²) >= 11 is 0. The monoisotopic (exact) mass is 341 g/mol. The second-order valence-electron chi connectivity index (χ2n) is 5.84. The number of nitro groups is 1. The Bertz CT molecular complexity index is 807. The van der Waals surface area contributed by atoms with Crippen molar-refractivity contribution in [1.29, 1.82) is 0 Å². The average molecular weight is 341 g/mol. The van der Waals surface area contributed by atoms with Crippen molar-refractivity contribution in [1.82, 2.24) is 0 Å². The van der Waals surface area contributed by atoms with Gasteiger partial charge in [-0.2, -0.15) is 0 Å². The molecular formula is C18H19N3O4. The first-order valence-corrected chi connectivity index (χ1v) is 8.07. The minimum atomic E-state index is -0.405. The zero-order chi connectivity index (χ0) is 17.8. The Balaban J connectivity index is 1.57. The molecule has 1 aliphatic rings. The maximum atomic E-state index is 12.1. The first-order chi connectivity index (χ1) is 12.1. The summed E-state index contributed by atoms with van der Waals surface area (Å²) in [5, 5.41) is 14.0. The Labute approximate surface area is 145 Å². The highest BCUT2D eigenvalue weighted by atomic mass is 16.6. The predicted octanol–water partition coefficient (Wildman–Crippen LogP) is 3.13. The van der Waals surface area contributed by atoms with Gasteiger partial charge in [-0.25, -0.2) is 0 Å². The number of ether oxygens (including phenoxy) is 1. The molecule has 130 valence electrons.